The van der Waals surface area contributed by atoms with E-state index in [1.54, 1.807) is 24.3 Å². The van der Waals surface area contributed by atoms with Crippen molar-refractivity contribution in [2.45, 2.75) is 18.9 Å². The molecule has 2 aliphatic rings. The summed E-state index contributed by atoms with van der Waals surface area (Å²) < 4.78 is 0. The first-order valence-electron chi connectivity index (χ1n) is 6.56. The van der Waals surface area contributed by atoms with Gasteiger partial charge in [-0.15, -0.1) is 0 Å². The summed E-state index contributed by atoms with van der Waals surface area (Å²) in [6.45, 7) is 2.79. The summed E-state index contributed by atoms with van der Waals surface area (Å²) in [6, 6.07) is 6.89. The fourth-order valence-corrected chi connectivity index (χ4v) is 3.09. The number of carbonyl (C=O) groups excluding carboxylic acids is 1. The van der Waals surface area contributed by atoms with Gasteiger partial charge in [0.15, 0.2) is 0 Å². The molecule has 0 aromatic heterocycles. The molecule has 4 nitrogen and oxygen atoms in total. The Labute approximate surface area is 107 Å². The van der Waals surface area contributed by atoms with E-state index in [2.05, 4.69) is 5.32 Å². The van der Waals surface area contributed by atoms with Crippen LogP contribution in [0.5, 0.6) is 5.75 Å². The number of aromatic hydroxyl groups is 1. The van der Waals surface area contributed by atoms with E-state index in [4.69, 9.17) is 0 Å². The molecular weight excluding hydrogens is 228 g/mol. The quantitative estimate of drug-likeness (QED) is 0.783. The molecule has 2 atom stereocenters. The molecule has 4 heteroatoms. The first-order valence-corrected chi connectivity index (χ1v) is 6.56. The van der Waals surface area contributed by atoms with Gasteiger partial charge in [-0.2, -0.15) is 0 Å². The van der Waals surface area contributed by atoms with E-state index < -0.39 is 0 Å². The third-order valence-electron chi connectivity index (χ3n) is 4.05. The van der Waals surface area contributed by atoms with E-state index in [1.807, 2.05) is 4.90 Å². The highest BCUT2D eigenvalue weighted by Gasteiger charge is 2.37. The minimum atomic E-state index is 0.0911. The molecular formula is C14H18N2O2. The Morgan fingerprint density at radius 3 is 2.83 bits per heavy atom. The molecule has 96 valence electrons. The van der Waals surface area contributed by atoms with Crippen molar-refractivity contribution < 1.29 is 9.90 Å². The molecule has 1 aromatic carbocycles. The van der Waals surface area contributed by atoms with Crippen molar-refractivity contribution in [2.75, 3.05) is 19.6 Å². The van der Waals surface area contributed by atoms with Crippen LogP contribution in [0.1, 0.15) is 23.2 Å². The molecule has 0 radical (unpaired) electrons. The first kappa shape index (κ1) is 11.5. The molecule has 0 aliphatic carbocycles. The van der Waals surface area contributed by atoms with Crippen LogP contribution in [0.3, 0.4) is 0 Å². The molecule has 2 saturated heterocycles. The fourth-order valence-electron chi connectivity index (χ4n) is 3.09. The van der Waals surface area contributed by atoms with E-state index in [9.17, 15) is 9.90 Å². The third kappa shape index (κ3) is 1.97. The first-order chi connectivity index (χ1) is 8.75. The van der Waals surface area contributed by atoms with Crippen LogP contribution in [-0.2, 0) is 0 Å². The number of likely N-dealkylation sites (tertiary alicyclic amines) is 1. The molecule has 0 bridgehead atoms. The molecule has 2 unspecified atom stereocenters. The number of rotatable bonds is 1. The fraction of sp³-hybridized carbons (Fsp3) is 0.500. The van der Waals surface area contributed by atoms with Crippen LogP contribution in [0.25, 0.3) is 0 Å². The van der Waals surface area contributed by atoms with E-state index in [0.717, 1.165) is 26.1 Å². The maximum absolute atomic E-state index is 12.5. The van der Waals surface area contributed by atoms with Gasteiger partial charge in [0.1, 0.15) is 5.75 Å². The highest BCUT2D eigenvalue weighted by Crippen LogP contribution is 2.27. The van der Waals surface area contributed by atoms with Gasteiger partial charge in [-0.25, -0.2) is 0 Å². The van der Waals surface area contributed by atoms with Gasteiger partial charge in [-0.05, 0) is 43.0 Å². The molecule has 3 rings (SSSR count). The second kappa shape index (κ2) is 4.61. The van der Waals surface area contributed by atoms with Crippen LogP contribution < -0.4 is 5.32 Å². The van der Waals surface area contributed by atoms with Crippen molar-refractivity contribution in [3.63, 3.8) is 0 Å². The Bertz CT molecular complexity index is 444. The lowest BCUT2D eigenvalue weighted by Gasteiger charge is -2.37. The Kier molecular flexibility index (Phi) is 2.96. The van der Waals surface area contributed by atoms with Crippen LogP contribution >= 0.6 is 0 Å². The number of piperidine rings is 1. The highest BCUT2D eigenvalue weighted by atomic mass is 16.3. The van der Waals surface area contributed by atoms with Crippen LogP contribution in [0.15, 0.2) is 24.3 Å². The van der Waals surface area contributed by atoms with Gasteiger partial charge in [0, 0.05) is 31.2 Å². The Balaban J connectivity index is 1.81. The van der Waals surface area contributed by atoms with E-state index in [1.165, 1.54) is 6.42 Å². The predicted molar refractivity (Wildman–Crippen MR) is 68.5 cm³/mol. The summed E-state index contributed by atoms with van der Waals surface area (Å²) in [6.07, 6.45) is 2.31. The average molecular weight is 246 g/mol. The summed E-state index contributed by atoms with van der Waals surface area (Å²) in [7, 11) is 0. The summed E-state index contributed by atoms with van der Waals surface area (Å²) in [5.74, 6) is 0.902. The normalized spacial score (nSPS) is 27.0. The van der Waals surface area contributed by atoms with E-state index >= 15 is 0 Å². The number of nitrogens with zero attached hydrogens (tertiary/aromatic N) is 1. The van der Waals surface area contributed by atoms with Crippen molar-refractivity contribution in [1.29, 1.82) is 0 Å². The Morgan fingerprint density at radius 2 is 2.06 bits per heavy atom. The minimum absolute atomic E-state index is 0.0911. The smallest absolute Gasteiger partial charge is 0.254 e. The molecule has 1 amide bonds. The van der Waals surface area contributed by atoms with Crippen molar-refractivity contribution >= 4 is 5.91 Å². The minimum Gasteiger partial charge on any atom is -0.508 e. The monoisotopic (exact) mass is 246 g/mol. The SMILES string of the molecule is O=C(c1ccc(O)cc1)N1CCCC2CNCC21. The van der Waals surface area contributed by atoms with Crippen molar-refractivity contribution in [2.24, 2.45) is 5.92 Å². The van der Waals surface area contributed by atoms with Crippen molar-refractivity contribution in [3.05, 3.63) is 29.8 Å². The number of benzene rings is 1. The van der Waals surface area contributed by atoms with E-state index in [-0.39, 0.29) is 11.7 Å². The molecule has 1 aromatic rings. The van der Waals surface area contributed by atoms with Gasteiger partial charge in [-0.1, -0.05) is 0 Å². The Morgan fingerprint density at radius 1 is 1.28 bits per heavy atom. The summed E-state index contributed by atoms with van der Waals surface area (Å²) in [5.41, 5.74) is 0.667. The molecule has 0 spiro atoms. The number of fused-ring (bicyclic) bond motifs is 1. The zero-order chi connectivity index (χ0) is 12.5. The number of phenols is 1. The predicted octanol–water partition coefficient (Wildman–Crippen LogP) is 1.22. The lowest BCUT2D eigenvalue weighted by molar-refractivity contribution is 0.0575. The Hall–Kier alpha value is -1.55. The number of amides is 1. The largest absolute Gasteiger partial charge is 0.508 e. The van der Waals surface area contributed by atoms with Crippen LogP contribution in [0.2, 0.25) is 0 Å². The molecule has 2 heterocycles. The molecule has 2 aliphatic heterocycles. The van der Waals surface area contributed by atoms with Gasteiger partial charge < -0.3 is 15.3 Å². The second-order valence-corrected chi connectivity index (χ2v) is 5.17. The van der Waals surface area contributed by atoms with Crippen LogP contribution in [-0.4, -0.2) is 41.6 Å². The zero-order valence-corrected chi connectivity index (χ0v) is 10.3. The van der Waals surface area contributed by atoms with Gasteiger partial charge in [0.25, 0.3) is 5.91 Å². The number of hydrogen-bond acceptors (Lipinski definition) is 3. The van der Waals surface area contributed by atoms with Crippen molar-refractivity contribution in [3.8, 4) is 5.75 Å². The number of nitrogens with one attached hydrogen (secondary N) is 1. The maximum atomic E-state index is 12.5. The lowest BCUT2D eigenvalue weighted by Crippen LogP contribution is -2.48. The van der Waals surface area contributed by atoms with Crippen LogP contribution in [0, 0.1) is 5.92 Å². The van der Waals surface area contributed by atoms with Gasteiger partial charge in [-0.3, -0.25) is 4.79 Å². The number of hydrogen-bond donors (Lipinski definition) is 2. The van der Waals surface area contributed by atoms with Gasteiger partial charge in [0.05, 0.1) is 0 Å². The zero-order valence-electron chi connectivity index (χ0n) is 10.3. The molecule has 0 saturated carbocycles. The third-order valence-corrected chi connectivity index (χ3v) is 4.05. The van der Waals surface area contributed by atoms with Gasteiger partial charge in [0.2, 0.25) is 0 Å². The number of phenolic OH excluding ortho intramolecular Hbond substituents is 1. The van der Waals surface area contributed by atoms with Crippen LogP contribution in [0.4, 0.5) is 0 Å². The highest BCUT2D eigenvalue weighted by molar-refractivity contribution is 5.94. The molecule has 2 fully saturated rings. The van der Waals surface area contributed by atoms with E-state index in [0.29, 0.717) is 17.5 Å². The number of carbonyl (C=O) groups is 1. The molecule has 2 N–H and O–H groups in total. The standard InChI is InChI=1S/C14H18N2O2/c17-12-5-3-10(4-6-12)14(18)16-7-1-2-11-8-15-9-13(11)16/h3-6,11,13,15,17H,1-2,7-9H2. The molecule has 18 heavy (non-hydrogen) atoms. The van der Waals surface area contributed by atoms with Crippen molar-refractivity contribution in [1.82, 2.24) is 10.2 Å². The average Bonchev–Trinajstić information content (AvgIpc) is 2.87. The summed E-state index contributed by atoms with van der Waals surface area (Å²) >= 11 is 0. The summed E-state index contributed by atoms with van der Waals surface area (Å²) in [4.78, 5) is 14.5. The van der Waals surface area contributed by atoms with Gasteiger partial charge >= 0.3 is 0 Å². The topological polar surface area (TPSA) is 52.6 Å². The maximum Gasteiger partial charge on any atom is 0.254 e. The lowest BCUT2D eigenvalue weighted by atomic mass is 9.91. The second-order valence-electron chi connectivity index (χ2n) is 5.17. The summed E-state index contributed by atoms with van der Waals surface area (Å²) in [5, 5.41) is 12.6.